The molecule has 0 N–H and O–H groups in total. The number of furan rings is 1. The highest BCUT2D eigenvalue weighted by molar-refractivity contribution is 7.13. The standard InChI is InChI=1S/C20H27N3O2S/c24-20(23-9-3-1-2-4-10-23)16-7-11-22(12-8-16)14-17-15-26-19(21-17)18-6-5-13-25-18/h5-6,13,15-16H,1-4,7-12,14H2. The first-order valence-corrected chi connectivity index (χ1v) is 10.7. The van der Waals surface area contributed by atoms with E-state index in [-0.39, 0.29) is 5.92 Å². The summed E-state index contributed by atoms with van der Waals surface area (Å²) < 4.78 is 5.42. The van der Waals surface area contributed by atoms with E-state index in [1.807, 2.05) is 12.1 Å². The molecule has 140 valence electrons. The van der Waals surface area contributed by atoms with E-state index in [1.54, 1.807) is 17.6 Å². The molecule has 2 aliphatic rings. The minimum absolute atomic E-state index is 0.221. The quantitative estimate of drug-likeness (QED) is 0.812. The van der Waals surface area contributed by atoms with Crippen molar-refractivity contribution in [3.63, 3.8) is 0 Å². The second kappa shape index (κ2) is 8.35. The summed E-state index contributed by atoms with van der Waals surface area (Å²) in [5, 5.41) is 3.06. The SMILES string of the molecule is O=C(C1CCN(Cc2csc(-c3ccco3)n2)CC1)N1CCCCCC1. The van der Waals surface area contributed by atoms with Gasteiger partial charge in [0.15, 0.2) is 10.8 Å². The molecule has 2 saturated heterocycles. The van der Waals surface area contributed by atoms with E-state index in [1.165, 1.54) is 25.7 Å². The van der Waals surface area contributed by atoms with E-state index in [4.69, 9.17) is 9.40 Å². The number of likely N-dealkylation sites (tertiary alicyclic amines) is 2. The number of rotatable bonds is 4. The van der Waals surface area contributed by atoms with Crippen molar-refractivity contribution in [3.05, 3.63) is 29.5 Å². The van der Waals surface area contributed by atoms with Gasteiger partial charge in [-0.1, -0.05) is 12.8 Å². The zero-order valence-electron chi connectivity index (χ0n) is 15.2. The Morgan fingerprint density at radius 2 is 1.92 bits per heavy atom. The van der Waals surface area contributed by atoms with Crippen molar-refractivity contribution in [1.29, 1.82) is 0 Å². The van der Waals surface area contributed by atoms with E-state index < -0.39 is 0 Å². The summed E-state index contributed by atoms with van der Waals surface area (Å²) in [6.45, 7) is 4.76. The second-order valence-electron chi connectivity index (χ2n) is 7.41. The predicted octanol–water partition coefficient (Wildman–Crippen LogP) is 4.02. The summed E-state index contributed by atoms with van der Waals surface area (Å²) in [4.78, 5) is 22.0. The van der Waals surface area contributed by atoms with Crippen LogP contribution in [0.15, 0.2) is 28.2 Å². The Bertz CT molecular complexity index is 696. The fourth-order valence-electron chi connectivity index (χ4n) is 4.01. The Hall–Kier alpha value is -1.66. The first-order valence-electron chi connectivity index (χ1n) is 9.79. The third kappa shape index (κ3) is 4.18. The van der Waals surface area contributed by atoms with Gasteiger partial charge >= 0.3 is 0 Å². The van der Waals surface area contributed by atoms with Crippen LogP contribution >= 0.6 is 11.3 Å². The Morgan fingerprint density at radius 3 is 2.62 bits per heavy atom. The molecule has 4 heterocycles. The van der Waals surface area contributed by atoms with Gasteiger partial charge in [-0.3, -0.25) is 9.69 Å². The van der Waals surface area contributed by atoms with Crippen LogP contribution in [0.5, 0.6) is 0 Å². The van der Waals surface area contributed by atoms with Crippen LogP contribution in [0.3, 0.4) is 0 Å². The molecule has 6 heteroatoms. The van der Waals surface area contributed by atoms with Crippen LogP contribution in [-0.2, 0) is 11.3 Å². The summed E-state index contributed by atoms with van der Waals surface area (Å²) in [6, 6.07) is 3.84. The monoisotopic (exact) mass is 373 g/mol. The van der Waals surface area contributed by atoms with Crippen molar-refractivity contribution >= 4 is 17.2 Å². The molecular formula is C20H27N3O2S. The van der Waals surface area contributed by atoms with Crippen LogP contribution in [-0.4, -0.2) is 46.9 Å². The maximum absolute atomic E-state index is 12.8. The predicted molar refractivity (Wildman–Crippen MR) is 103 cm³/mol. The average Bonchev–Trinajstić information content (AvgIpc) is 3.28. The van der Waals surface area contributed by atoms with Gasteiger partial charge in [-0.05, 0) is 50.9 Å². The molecule has 1 amide bonds. The minimum atomic E-state index is 0.221. The Balaban J connectivity index is 1.28. The van der Waals surface area contributed by atoms with E-state index in [2.05, 4.69) is 15.2 Å². The van der Waals surface area contributed by atoms with Crippen LogP contribution in [0.4, 0.5) is 0 Å². The van der Waals surface area contributed by atoms with Crippen LogP contribution in [0.1, 0.15) is 44.2 Å². The van der Waals surface area contributed by atoms with E-state index in [9.17, 15) is 4.79 Å². The number of thiazole rings is 1. The van der Waals surface area contributed by atoms with Crippen molar-refractivity contribution in [1.82, 2.24) is 14.8 Å². The Labute approximate surface area is 159 Å². The zero-order chi connectivity index (χ0) is 17.8. The molecule has 2 fully saturated rings. The molecule has 2 aliphatic heterocycles. The molecule has 0 radical (unpaired) electrons. The fraction of sp³-hybridized carbons (Fsp3) is 0.600. The van der Waals surface area contributed by atoms with Gasteiger partial charge in [0.05, 0.1) is 12.0 Å². The van der Waals surface area contributed by atoms with Gasteiger partial charge < -0.3 is 9.32 Å². The van der Waals surface area contributed by atoms with Crippen LogP contribution in [0.25, 0.3) is 10.8 Å². The zero-order valence-corrected chi connectivity index (χ0v) is 16.0. The summed E-state index contributed by atoms with van der Waals surface area (Å²) in [7, 11) is 0. The summed E-state index contributed by atoms with van der Waals surface area (Å²) >= 11 is 1.63. The van der Waals surface area contributed by atoms with Crippen molar-refractivity contribution in [2.75, 3.05) is 26.2 Å². The van der Waals surface area contributed by atoms with Gasteiger partial charge in [0.1, 0.15) is 0 Å². The van der Waals surface area contributed by atoms with Gasteiger partial charge in [0.2, 0.25) is 5.91 Å². The largest absolute Gasteiger partial charge is 0.462 e. The highest BCUT2D eigenvalue weighted by Crippen LogP contribution is 2.26. The van der Waals surface area contributed by atoms with Gasteiger partial charge in [0, 0.05) is 30.9 Å². The number of amides is 1. The maximum atomic E-state index is 12.8. The lowest BCUT2D eigenvalue weighted by Crippen LogP contribution is -2.42. The third-order valence-electron chi connectivity index (χ3n) is 5.52. The number of piperidine rings is 1. The lowest BCUT2D eigenvalue weighted by Gasteiger charge is -2.33. The van der Waals surface area contributed by atoms with Crippen molar-refractivity contribution in [3.8, 4) is 10.8 Å². The number of carbonyl (C=O) groups excluding carboxylic acids is 1. The van der Waals surface area contributed by atoms with E-state index in [0.717, 1.165) is 62.0 Å². The molecule has 0 unspecified atom stereocenters. The molecule has 0 aromatic carbocycles. The first-order chi connectivity index (χ1) is 12.8. The molecule has 0 spiro atoms. The van der Waals surface area contributed by atoms with Gasteiger partial charge in [-0.2, -0.15) is 0 Å². The molecular weight excluding hydrogens is 346 g/mol. The highest BCUT2D eigenvalue weighted by Gasteiger charge is 2.29. The molecule has 26 heavy (non-hydrogen) atoms. The molecule has 0 bridgehead atoms. The lowest BCUT2D eigenvalue weighted by molar-refractivity contribution is -0.137. The van der Waals surface area contributed by atoms with Crippen molar-refractivity contribution < 1.29 is 9.21 Å². The summed E-state index contributed by atoms with van der Waals surface area (Å²) in [5.41, 5.74) is 1.10. The average molecular weight is 374 g/mol. The van der Waals surface area contributed by atoms with Crippen molar-refractivity contribution in [2.45, 2.75) is 45.1 Å². The molecule has 2 aromatic rings. The number of carbonyl (C=O) groups is 1. The lowest BCUT2D eigenvalue weighted by atomic mass is 9.95. The molecule has 5 nitrogen and oxygen atoms in total. The van der Waals surface area contributed by atoms with Crippen molar-refractivity contribution in [2.24, 2.45) is 5.92 Å². The smallest absolute Gasteiger partial charge is 0.225 e. The Kier molecular flexibility index (Phi) is 5.70. The van der Waals surface area contributed by atoms with Crippen LogP contribution in [0.2, 0.25) is 0 Å². The molecule has 0 aliphatic carbocycles. The van der Waals surface area contributed by atoms with Crippen LogP contribution in [0, 0.1) is 5.92 Å². The van der Waals surface area contributed by atoms with Gasteiger partial charge in [0.25, 0.3) is 0 Å². The van der Waals surface area contributed by atoms with Gasteiger partial charge in [-0.25, -0.2) is 4.98 Å². The normalized spacial score (nSPS) is 20.2. The third-order valence-corrected chi connectivity index (χ3v) is 6.43. The Morgan fingerprint density at radius 1 is 1.15 bits per heavy atom. The molecule has 4 rings (SSSR count). The summed E-state index contributed by atoms with van der Waals surface area (Å²) in [5.74, 6) is 1.46. The van der Waals surface area contributed by atoms with E-state index in [0.29, 0.717) is 5.91 Å². The number of aromatic nitrogens is 1. The fourth-order valence-corrected chi connectivity index (χ4v) is 4.79. The molecule has 0 saturated carbocycles. The number of hydrogen-bond donors (Lipinski definition) is 0. The van der Waals surface area contributed by atoms with Crippen LogP contribution < -0.4 is 0 Å². The number of hydrogen-bond acceptors (Lipinski definition) is 5. The minimum Gasteiger partial charge on any atom is -0.462 e. The first kappa shape index (κ1) is 17.7. The highest BCUT2D eigenvalue weighted by atomic mass is 32.1. The topological polar surface area (TPSA) is 49.6 Å². The molecule has 2 aromatic heterocycles. The van der Waals surface area contributed by atoms with Gasteiger partial charge in [-0.15, -0.1) is 11.3 Å². The maximum Gasteiger partial charge on any atom is 0.225 e. The second-order valence-corrected chi connectivity index (χ2v) is 8.27. The molecule has 0 atom stereocenters. The number of nitrogens with zero attached hydrogens (tertiary/aromatic N) is 3. The van der Waals surface area contributed by atoms with E-state index >= 15 is 0 Å². The summed E-state index contributed by atoms with van der Waals surface area (Å²) in [6.07, 6.45) is 8.53.